The number of thioether (sulfide) groups is 1. The number of carbonyl (C=O) groups is 1. The number of nitrogens with zero attached hydrogens (tertiary/aromatic N) is 3. The van der Waals surface area contributed by atoms with Crippen LogP contribution in [0.3, 0.4) is 0 Å². The quantitative estimate of drug-likeness (QED) is 0.622. The number of hydrogen-bond acceptors (Lipinski definition) is 6. The highest BCUT2D eigenvalue weighted by Gasteiger charge is 2.34. The minimum absolute atomic E-state index is 0.146. The van der Waals surface area contributed by atoms with E-state index in [1.807, 2.05) is 6.92 Å². The molecule has 10 heteroatoms. The van der Waals surface area contributed by atoms with Crippen molar-refractivity contribution in [2.75, 3.05) is 20.6 Å². The maximum atomic E-state index is 13.1. The fourth-order valence-electron chi connectivity index (χ4n) is 2.91. The van der Waals surface area contributed by atoms with Crippen LogP contribution in [0, 0.1) is 0 Å². The topological polar surface area (TPSA) is 79.3 Å². The van der Waals surface area contributed by atoms with Crippen molar-refractivity contribution in [2.24, 2.45) is 4.99 Å². The highest BCUT2D eigenvalue weighted by Crippen LogP contribution is 2.30. The number of amidine groups is 1. The number of ether oxygens (including phenoxy) is 1. The number of aliphatic imine (C=N–C) groups is 1. The normalized spacial score (nSPS) is 19.1. The van der Waals surface area contributed by atoms with Crippen LogP contribution in [0.1, 0.15) is 13.8 Å². The molecule has 0 spiro atoms. The lowest BCUT2D eigenvalue weighted by molar-refractivity contribution is -0.133. The molecule has 7 nitrogen and oxygen atoms in total. The Morgan fingerprint density at radius 3 is 2.58 bits per heavy atom. The average Bonchev–Trinajstić information content (AvgIpc) is 3.09. The molecular weight excluding hydrogens is 458 g/mol. The number of carbonyl (C=O) groups excluding carboxylic acids is 1. The van der Waals surface area contributed by atoms with Crippen LogP contribution in [0.4, 0.5) is 5.69 Å². The van der Waals surface area contributed by atoms with Gasteiger partial charge in [-0.05, 0) is 49.4 Å². The Morgan fingerprint density at radius 2 is 1.94 bits per heavy atom. The molecule has 31 heavy (non-hydrogen) atoms. The molecule has 1 heterocycles. The third-order valence-corrected chi connectivity index (χ3v) is 7.68. The van der Waals surface area contributed by atoms with Crippen molar-refractivity contribution in [3.63, 3.8) is 0 Å². The molecule has 0 aromatic heterocycles. The van der Waals surface area contributed by atoms with Gasteiger partial charge in [0, 0.05) is 30.9 Å². The first-order valence-electron chi connectivity index (χ1n) is 9.59. The largest absolute Gasteiger partial charge is 0.481 e. The van der Waals surface area contributed by atoms with Crippen molar-refractivity contribution >= 4 is 50.1 Å². The van der Waals surface area contributed by atoms with E-state index in [9.17, 15) is 13.2 Å². The molecule has 0 N–H and O–H groups in total. The van der Waals surface area contributed by atoms with Crippen LogP contribution in [0.15, 0.2) is 58.4 Å². The van der Waals surface area contributed by atoms with Crippen LogP contribution in [0.5, 0.6) is 5.75 Å². The maximum Gasteiger partial charge on any atom is 0.269 e. The van der Waals surface area contributed by atoms with Gasteiger partial charge in [-0.25, -0.2) is 17.7 Å². The van der Waals surface area contributed by atoms with Crippen LogP contribution in [-0.4, -0.2) is 60.7 Å². The van der Waals surface area contributed by atoms with Gasteiger partial charge in [-0.3, -0.25) is 9.69 Å². The third-order valence-electron chi connectivity index (χ3n) is 4.54. The van der Waals surface area contributed by atoms with E-state index in [1.54, 1.807) is 48.2 Å². The van der Waals surface area contributed by atoms with Crippen LogP contribution < -0.4 is 4.74 Å². The predicted octanol–water partition coefficient (Wildman–Crippen LogP) is 4.01. The highest BCUT2D eigenvalue weighted by molar-refractivity contribution is 8.14. The monoisotopic (exact) mass is 481 g/mol. The SMILES string of the molecule is CC1CN(C(=O)C(C)Oc2ccc(Cl)cc2)C(=Nc2cccc(S(=O)(=O)N(C)C)c2)S1. The van der Waals surface area contributed by atoms with Gasteiger partial charge < -0.3 is 4.74 Å². The van der Waals surface area contributed by atoms with E-state index in [1.165, 1.54) is 38.0 Å². The van der Waals surface area contributed by atoms with E-state index in [4.69, 9.17) is 16.3 Å². The Kier molecular flexibility index (Phi) is 7.31. The molecule has 0 bridgehead atoms. The smallest absolute Gasteiger partial charge is 0.269 e. The zero-order valence-corrected chi connectivity index (χ0v) is 20.0. The molecule has 1 amide bonds. The molecule has 1 aliphatic rings. The second kappa shape index (κ2) is 9.60. The molecule has 2 aromatic rings. The molecule has 0 aliphatic carbocycles. The summed E-state index contributed by atoms with van der Waals surface area (Å²) >= 11 is 7.36. The molecule has 166 valence electrons. The molecule has 0 saturated carbocycles. The lowest BCUT2D eigenvalue weighted by Gasteiger charge is -2.21. The van der Waals surface area contributed by atoms with Crippen molar-refractivity contribution in [1.82, 2.24) is 9.21 Å². The lowest BCUT2D eigenvalue weighted by atomic mass is 10.3. The number of halogens is 1. The Hall–Kier alpha value is -2.07. The predicted molar refractivity (Wildman–Crippen MR) is 125 cm³/mol. The van der Waals surface area contributed by atoms with E-state index in [0.717, 1.165) is 4.31 Å². The molecule has 0 radical (unpaired) electrons. The fourth-order valence-corrected chi connectivity index (χ4v) is 5.01. The fraction of sp³-hybridized carbons (Fsp3) is 0.333. The van der Waals surface area contributed by atoms with E-state index in [2.05, 4.69) is 4.99 Å². The van der Waals surface area contributed by atoms with Crippen molar-refractivity contribution in [1.29, 1.82) is 0 Å². The first-order valence-corrected chi connectivity index (χ1v) is 12.3. The minimum Gasteiger partial charge on any atom is -0.481 e. The number of rotatable bonds is 6. The zero-order valence-electron chi connectivity index (χ0n) is 17.6. The van der Waals surface area contributed by atoms with Crippen LogP contribution >= 0.6 is 23.4 Å². The van der Waals surface area contributed by atoms with Crippen LogP contribution in [0.2, 0.25) is 5.02 Å². The van der Waals surface area contributed by atoms with E-state index >= 15 is 0 Å². The molecule has 1 fully saturated rings. The summed E-state index contributed by atoms with van der Waals surface area (Å²) in [5.41, 5.74) is 0.462. The second-order valence-electron chi connectivity index (χ2n) is 7.27. The van der Waals surface area contributed by atoms with Crippen molar-refractivity contribution in [3.05, 3.63) is 53.6 Å². The highest BCUT2D eigenvalue weighted by atomic mass is 35.5. The number of sulfonamides is 1. The zero-order chi connectivity index (χ0) is 22.8. The van der Waals surface area contributed by atoms with Crippen molar-refractivity contribution < 1.29 is 17.9 Å². The van der Waals surface area contributed by atoms with Crippen molar-refractivity contribution in [3.8, 4) is 5.75 Å². The Balaban J connectivity index is 1.83. The van der Waals surface area contributed by atoms with Crippen LogP contribution in [-0.2, 0) is 14.8 Å². The van der Waals surface area contributed by atoms with Gasteiger partial charge in [-0.2, -0.15) is 0 Å². The Labute approximate surface area is 192 Å². The van der Waals surface area contributed by atoms with E-state index in [0.29, 0.717) is 28.2 Å². The average molecular weight is 482 g/mol. The molecule has 2 aromatic carbocycles. The second-order valence-corrected chi connectivity index (χ2v) is 11.3. The first-order chi connectivity index (χ1) is 14.6. The number of amides is 1. The summed E-state index contributed by atoms with van der Waals surface area (Å²) in [7, 11) is -0.623. The van der Waals surface area contributed by atoms with E-state index in [-0.39, 0.29) is 16.1 Å². The third kappa shape index (κ3) is 5.60. The molecule has 1 saturated heterocycles. The molecular formula is C21H24ClN3O4S2. The van der Waals surface area contributed by atoms with Gasteiger partial charge in [0.25, 0.3) is 5.91 Å². The van der Waals surface area contributed by atoms with Gasteiger partial charge in [-0.1, -0.05) is 36.4 Å². The summed E-state index contributed by atoms with van der Waals surface area (Å²) in [5.74, 6) is 0.327. The van der Waals surface area contributed by atoms with Crippen molar-refractivity contribution in [2.45, 2.75) is 30.1 Å². The Morgan fingerprint density at radius 1 is 1.26 bits per heavy atom. The summed E-state index contributed by atoms with van der Waals surface area (Å²) in [4.78, 5) is 19.4. The first kappa shape index (κ1) is 23.6. The van der Waals surface area contributed by atoms with Gasteiger partial charge in [0.1, 0.15) is 5.75 Å². The molecule has 1 aliphatic heterocycles. The van der Waals surface area contributed by atoms with Gasteiger partial charge in [0.05, 0.1) is 10.6 Å². The molecule has 3 rings (SSSR count). The summed E-state index contributed by atoms with van der Waals surface area (Å²) in [6.07, 6.45) is -0.724. The number of hydrogen-bond donors (Lipinski definition) is 0. The maximum absolute atomic E-state index is 13.1. The summed E-state index contributed by atoms with van der Waals surface area (Å²) in [6.45, 7) is 4.18. The molecule has 2 unspecified atom stereocenters. The summed E-state index contributed by atoms with van der Waals surface area (Å²) in [5, 5.41) is 1.26. The molecule has 2 atom stereocenters. The standard InChI is InChI=1S/C21H24ClN3O4S2/c1-14-13-25(20(26)15(2)29-18-10-8-16(22)9-11-18)21(30-14)23-17-6-5-7-19(12-17)31(27,28)24(3)4/h5-12,14-15H,13H2,1-4H3. The minimum atomic E-state index is -3.58. The number of benzene rings is 2. The van der Waals surface area contributed by atoms with Gasteiger partial charge in [0.2, 0.25) is 10.0 Å². The van der Waals surface area contributed by atoms with Gasteiger partial charge in [-0.15, -0.1) is 0 Å². The van der Waals surface area contributed by atoms with Gasteiger partial charge in [0.15, 0.2) is 11.3 Å². The lowest BCUT2D eigenvalue weighted by Crippen LogP contribution is -2.41. The van der Waals surface area contributed by atoms with Gasteiger partial charge >= 0.3 is 0 Å². The van der Waals surface area contributed by atoms with E-state index < -0.39 is 16.1 Å². The summed E-state index contributed by atoms with van der Waals surface area (Å²) in [6, 6.07) is 13.2. The Bertz CT molecular complexity index is 1090. The summed E-state index contributed by atoms with van der Waals surface area (Å²) < 4.78 is 31.7. The van der Waals surface area contributed by atoms with Crippen LogP contribution in [0.25, 0.3) is 0 Å².